The van der Waals surface area contributed by atoms with Gasteiger partial charge in [-0.05, 0) is 26.9 Å². The van der Waals surface area contributed by atoms with E-state index in [2.05, 4.69) is 11.8 Å². The smallest absolute Gasteiger partial charge is 0.0785 e. The summed E-state index contributed by atoms with van der Waals surface area (Å²) in [5.74, 6) is 0. The Morgan fingerprint density at radius 3 is 2.31 bits per heavy atom. The number of rotatable bonds is 7. The van der Waals surface area contributed by atoms with Crippen LogP contribution in [0.5, 0.6) is 0 Å². The summed E-state index contributed by atoms with van der Waals surface area (Å²) in [4.78, 5) is 2.12. The summed E-state index contributed by atoms with van der Waals surface area (Å²) in [6, 6.07) is 0.391. The van der Waals surface area contributed by atoms with E-state index in [-0.39, 0.29) is 6.61 Å². The third-order valence-electron chi connectivity index (χ3n) is 2.38. The zero-order valence-electron chi connectivity index (χ0n) is 9.03. The molecule has 0 aromatic heterocycles. The highest BCUT2D eigenvalue weighted by molar-refractivity contribution is 4.70. The molecule has 0 rings (SSSR count). The van der Waals surface area contributed by atoms with Gasteiger partial charge in [0.05, 0.1) is 12.7 Å². The SMILES string of the molecule is CCCCC(CC(O)CO)N(C)C. The molecule has 0 aliphatic heterocycles. The average molecular weight is 189 g/mol. The van der Waals surface area contributed by atoms with E-state index in [0.717, 1.165) is 6.42 Å². The first kappa shape index (κ1) is 12.9. The summed E-state index contributed by atoms with van der Waals surface area (Å²) in [5.41, 5.74) is 0. The Morgan fingerprint density at radius 2 is 1.92 bits per heavy atom. The van der Waals surface area contributed by atoms with Crippen LogP contribution in [-0.2, 0) is 0 Å². The second-order valence-electron chi connectivity index (χ2n) is 3.83. The van der Waals surface area contributed by atoms with Crippen molar-refractivity contribution in [2.24, 2.45) is 0 Å². The van der Waals surface area contributed by atoms with E-state index in [4.69, 9.17) is 5.11 Å². The summed E-state index contributed by atoms with van der Waals surface area (Å²) in [6.45, 7) is 2.03. The van der Waals surface area contributed by atoms with Gasteiger partial charge >= 0.3 is 0 Å². The molecule has 3 heteroatoms. The van der Waals surface area contributed by atoms with Crippen molar-refractivity contribution in [1.29, 1.82) is 0 Å². The number of aliphatic hydroxyl groups is 2. The second kappa shape index (κ2) is 7.30. The van der Waals surface area contributed by atoms with Crippen LogP contribution in [-0.4, -0.2) is 48.0 Å². The highest BCUT2D eigenvalue weighted by atomic mass is 16.3. The Hall–Kier alpha value is -0.120. The minimum Gasteiger partial charge on any atom is -0.394 e. The van der Waals surface area contributed by atoms with Crippen molar-refractivity contribution in [2.45, 2.75) is 44.8 Å². The summed E-state index contributed by atoms with van der Waals surface area (Å²) < 4.78 is 0. The van der Waals surface area contributed by atoms with Crippen molar-refractivity contribution in [1.82, 2.24) is 4.90 Å². The van der Waals surface area contributed by atoms with Crippen LogP contribution in [0.2, 0.25) is 0 Å². The standard InChI is InChI=1S/C10H23NO2/c1-4-5-6-9(11(2)3)7-10(13)8-12/h9-10,12-13H,4-8H2,1-3H3. The lowest BCUT2D eigenvalue weighted by molar-refractivity contribution is 0.0635. The Morgan fingerprint density at radius 1 is 1.31 bits per heavy atom. The highest BCUT2D eigenvalue weighted by Crippen LogP contribution is 2.11. The second-order valence-corrected chi connectivity index (χ2v) is 3.83. The van der Waals surface area contributed by atoms with Gasteiger partial charge in [0.15, 0.2) is 0 Å². The molecule has 80 valence electrons. The maximum absolute atomic E-state index is 9.30. The normalized spacial score (nSPS) is 16.2. The molecular weight excluding hydrogens is 166 g/mol. The van der Waals surface area contributed by atoms with E-state index in [1.807, 2.05) is 14.1 Å². The average Bonchev–Trinajstić information content (AvgIpc) is 2.11. The largest absolute Gasteiger partial charge is 0.394 e. The van der Waals surface area contributed by atoms with Crippen molar-refractivity contribution in [3.63, 3.8) is 0 Å². The molecule has 3 nitrogen and oxygen atoms in total. The molecule has 0 bridgehead atoms. The van der Waals surface area contributed by atoms with Gasteiger partial charge in [-0.2, -0.15) is 0 Å². The Kier molecular flexibility index (Phi) is 7.23. The molecule has 0 amide bonds. The van der Waals surface area contributed by atoms with Gasteiger partial charge in [0.1, 0.15) is 0 Å². The number of hydrogen-bond donors (Lipinski definition) is 2. The van der Waals surface area contributed by atoms with Gasteiger partial charge in [-0.25, -0.2) is 0 Å². The highest BCUT2D eigenvalue weighted by Gasteiger charge is 2.15. The van der Waals surface area contributed by atoms with E-state index in [9.17, 15) is 5.11 Å². The Balaban J connectivity index is 3.79. The topological polar surface area (TPSA) is 43.7 Å². The summed E-state index contributed by atoms with van der Waals surface area (Å²) in [5, 5.41) is 18.0. The minimum absolute atomic E-state index is 0.129. The summed E-state index contributed by atoms with van der Waals surface area (Å²) in [6.07, 6.45) is 3.56. The van der Waals surface area contributed by atoms with Crippen LogP contribution < -0.4 is 0 Å². The minimum atomic E-state index is -0.566. The van der Waals surface area contributed by atoms with Crippen LogP contribution >= 0.6 is 0 Å². The lowest BCUT2D eigenvalue weighted by Crippen LogP contribution is -2.32. The van der Waals surface area contributed by atoms with Crippen LogP contribution in [0, 0.1) is 0 Å². The number of hydrogen-bond acceptors (Lipinski definition) is 3. The van der Waals surface area contributed by atoms with E-state index in [1.165, 1.54) is 12.8 Å². The van der Waals surface area contributed by atoms with E-state index < -0.39 is 6.10 Å². The fourth-order valence-electron chi connectivity index (χ4n) is 1.42. The van der Waals surface area contributed by atoms with E-state index in [1.54, 1.807) is 0 Å². The van der Waals surface area contributed by atoms with Gasteiger partial charge < -0.3 is 15.1 Å². The maximum atomic E-state index is 9.30. The van der Waals surface area contributed by atoms with Crippen molar-refractivity contribution in [3.8, 4) is 0 Å². The lowest BCUT2D eigenvalue weighted by atomic mass is 10.0. The van der Waals surface area contributed by atoms with Crippen molar-refractivity contribution in [3.05, 3.63) is 0 Å². The fourth-order valence-corrected chi connectivity index (χ4v) is 1.42. The molecule has 2 N–H and O–H groups in total. The van der Waals surface area contributed by atoms with Crippen LogP contribution in [0.15, 0.2) is 0 Å². The third-order valence-corrected chi connectivity index (χ3v) is 2.38. The van der Waals surface area contributed by atoms with Crippen LogP contribution in [0.3, 0.4) is 0 Å². The van der Waals surface area contributed by atoms with Gasteiger partial charge in [0.25, 0.3) is 0 Å². The zero-order chi connectivity index (χ0) is 10.3. The van der Waals surface area contributed by atoms with Crippen LogP contribution in [0.1, 0.15) is 32.6 Å². The predicted molar refractivity (Wildman–Crippen MR) is 54.7 cm³/mol. The molecule has 0 aromatic carbocycles. The molecule has 0 radical (unpaired) electrons. The maximum Gasteiger partial charge on any atom is 0.0785 e. The predicted octanol–water partition coefficient (Wildman–Crippen LogP) is 0.850. The van der Waals surface area contributed by atoms with Crippen molar-refractivity contribution >= 4 is 0 Å². The Bertz CT molecular complexity index is 117. The van der Waals surface area contributed by atoms with E-state index >= 15 is 0 Å². The zero-order valence-corrected chi connectivity index (χ0v) is 9.03. The Labute approximate surface area is 81.4 Å². The van der Waals surface area contributed by atoms with Gasteiger partial charge in [0, 0.05) is 6.04 Å². The fraction of sp³-hybridized carbons (Fsp3) is 1.00. The van der Waals surface area contributed by atoms with Gasteiger partial charge in [-0.3, -0.25) is 0 Å². The number of nitrogens with zero attached hydrogens (tertiary/aromatic N) is 1. The van der Waals surface area contributed by atoms with Gasteiger partial charge in [0.2, 0.25) is 0 Å². The van der Waals surface area contributed by atoms with Gasteiger partial charge in [-0.1, -0.05) is 19.8 Å². The molecular formula is C10H23NO2. The summed E-state index contributed by atoms with van der Waals surface area (Å²) >= 11 is 0. The molecule has 0 heterocycles. The first-order valence-corrected chi connectivity index (χ1v) is 5.07. The number of aliphatic hydroxyl groups excluding tert-OH is 2. The van der Waals surface area contributed by atoms with Crippen molar-refractivity contribution in [2.75, 3.05) is 20.7 Å². The van der Waals surface area contributed by atoms with Gasteiger partial charge in [-0.15, -0.1) is 0 Å². The molecule has 0 saturated heterocycles. The van der Waals surface area contributed by atoms with Crippen LogP contribution in [0.25, 0.3) is 0 Å². The summed E-state index contributed by atoms with van der Waals surface area (Å²) in [7, 11) is 4.04. The molecule has 0 aliphatic rings. The first-order chi connectivity index (χ1) is 6.11. The van der Waals surface area contributed by atoms with Crippen molar-refractivity contribution < 1.29 is 10.2 Å². The number of unbranched alkanes of at least 4 members (excludes halogenated alkanes) is 1. The molecule has 0 spiro atoms. The molecule has 2 atom stereocenters. The molecule has 2 unspecified atom stereocenters. The van der Waals surface area contributed by atoms with Crippen LogP contribution in [0.4, 0.5) is 0 Å². The molecule has 0 saturated carbocycles. The van der Waals surface area contributed by atoms with E-state index in [0.29, 0.717) is 12.5 Å². The third kappa shape index (κ3) is 6.02. The first-order valence-electron chi connectivity index (χ1n) is 5.07. The molecule has 13 heavy (non-hydrogen) atoms. The lowest BCUT2D eigenvalue weighted by Gasteiger charge is -2.25. The molecule has 0 fully saturated rings. The molecule has 0 aromatic rings. The monoisotopic (exact) mass is 189 g/mol. The molecule has 0 aliphatic carbocycles. The quantitative estimate of drug-likeness (QED) is 0.624.